The van der Waals surface area contributed by atoms with Gasteiger partial charge >= 0.3 is 0 Å². The van der Waals surface area contributed by atoms with Gasteiger partial charge in [-0.2, -0.15) is 0 Å². The van der Waals surface area contributed by atoms with Crippen LogP contribution in [-0.4, -0.2) is 44.7 Å². The number of nitrogens with zero attached hydrogens (tertiary/aromatic N) is 6. The summed E-state index contributed by atoms with van der Waals surface area (Å²) in [7, 11) is 1.63. The lowest BCUT2D eigenvalue weighted by atomic mass is 9.97. The van der Waals surface area contributed by atoms with Crippen molar-refractivity contribution in [2.75, 3.05) is 25.1 Å². The van der Waals surface area contributed by atoms with Crippen molar-refractivity contribution in [1.29, 1.82) is 0 Å². The van der Waals surface area contributed by atoms with Gasteiger partial charge in [-0.1, -0.05) is 6.07 Å². The Hall–Kier alpha value is -2.96. The van der Waals surface area contributed by atoms with Crippen LogP contribution in [0, 0.1) is 0 Å². The molecule has 134 valence electrons. The molecule has 1 atom stereocenters. The Morgan fingerprint density at radius 3 is 2.92 bits per heavy atom. The van der Waals surface area contributed by atoms with Gasteiger partial charge in [-0.15, -0.1) is 0 Å². The van der Waals surface area contributed by atoms with Crippen LogP contribution in [0.15, 0.2) is 49.3 Å². The predicted molar refractivity (Wildman–Crippen MR) is 98.3 cm³/mol. The van der Waals surface area contributed by atoms with E-state index in [1.807, 2.05) is 24.7 Å². The number of hydrogen-bond donors (Lipinski definition) is 0. The number of imidazole rings is 1. The molecule has 0 saturated carbocycles. The molecular formula is C19H22N6O. The number of rotatable bonds is 5. The van der Waals surface area contributed by atoms with Crippen molar-refractivity contribution in [3.05, 3.63) is 60.7 Å². The summed E-state index contributed by atoms with van der Waals surface area (Å²) in [5.74, 6) is 2.85. The molecule has 4 rings (SSSR count). The maximum atomic E-state index is 5.38. The largest absolute Gasteiger partial charge is 0.478 e. The van der Waals surface area contributed by atoms with E-state index >= 15 is 0 Å². The topological polar surface area (TPSA) is 69.0 Å². The zero-order valence-electron chi connectivity index (χ0n) is 14.8. The number of hydrogen-bond acceptors (Lipinski definition) is 6. The molecule has 1 aliphatic heterocycles. The van der Waals surface area contributed by atoms with Crippen molar-refractivity contribution in [2.45, 2.75) is 25.3 Å². The van der Waals surface area contributed by atoms with Gasteiger partial charge in [0, 0.05) is 56.2 Å². The van der Waals surface area contributed by atoms with Gasteiger partial charge in [0.2, 0.25) is 0 Å². The van der Waals surface area contributed by atoms with Crippen molar-refractivity contribution in [2.24, 2.45) is 0 Å². The van der Waals surface area contributed by atoms with Crippen LogP contribution in [0.2, 0.25) is 0 Å². The number of methoxy groups -OCH3 is 1. The first-order valence-corrected chi connectivity index (χ1v) is 8.85. The highest BCUT2D eigenvalue weighted by molar-refractivity contribution is 5.48. The fourth-order valence-corrected chi connectivity index (χ4v) is 3.56. The number of piperidine rings is 1. The molecule has 0 N–H and O–H groups in total. The monoisotopic (exact) mass is 350 g/mol. The fraction of sp³-hybridized carbons (Fsp3) is 0.368. The van der Waals surface area contributed by atoms with E-state index in [1.54, 1.807) is 25.7 Å². The van der Waals surface area contributed by atoms with Crippen LogP contribution in [0.5, 0.6) is 5.88 Å². The zero-order valence-corrected chi connectivity index (χ0v) is 14.8. The summed E-state index contributed by atoms with van der Waals surface area (Å²) in [6.07, 6.45) is 13.2. The molecule has 3 aromatic rings. The summed E-state index contributed by atoms with van der Waals surface area (Å²) in [5.41, 5.74) is 1.18. The lowest BCUT2D eigenvalue weighted by molar-refractivity contribution is 0.390. The average molecular weight is 350 g/mol. The molecule has 0 unspecified atom stereocenters. The third-order valence-electron chi connectivity index (χ3n) is 4.75. The van der Waals surface area contributed by atoms with Crippen LogP contribution in [0.1, 0.15) is 30.1 Å². The summed E-state index contributed by atoms with van der Waals surface area (Å²) in [4.78, 5) is 19.9. The maximum absolute atomic E-state index is 5.38. The van der Waals surface area contributed by atoms with Gasteiger partial charge in [0.05, 0.1) is 13.7 Å². The third-order valence-corrected chi connectivity index (χ3v) is 4.75. The van der Waals surface area contributed by atoms with Crippen molar-refractivity contribution < 1.29 is 4.74 Å². The molecule has 0 radical (unpaired) electrons. The second-order valence-corrected chi connectivity index (χ2v) is 6.45. The minimum Gasteiger partial charge on any atom is -0.478 e. The van der Waals surface area contributed by atoms with Gasteiger partial charge in [0.25, 0.3) is 5.88 Å². The van der Waals surface area contributed by atoms with Gasteiger partial charge < -0.3 is 14.2 Å². The van der Waals surface area contributed by atoms with Crippen LogP contribution in [0.3, 0.4) is 0 Å². The maximum Gasteiger partial charge on any atom is 0.257 e. The molecule has 1 aliphatic rings. The smallest absolute Gasteiger partial charge is 0.257 e. The Balaban J connectivity index is 1.55. The molecule has 3 aromatic heterocycles. The Morgan fingerprint density at radius 2 is 2.08 bits per heavy atom. The molecule has 7 nitrogen and oxygen atoms in total. The molecule has 0 spiro atoms. The quantitative estimate of drug-likeness (QED) is 0.704. The molecule has 0 bridgehead atoms. The minimum absolute atomic E-state index is 0.349. The molecule has 1 saturated heterocycles. The number of pyridine rings is 1. The highest BCUT2D eigenvalue weighted by Crippen LogP contribution is 2.31. The molecule has 0 amide bonds. The summed E-state index contributed by atoms with van der Waals surface area (Å²) < 4.78 is 7.61. The number of aromatic nitrogens is 5. The van der Waals surface area contributed by atoms with Crippen LogP contribution in [-0.2, 0) is 6.54 Å². The summed E-state index contributed by atoms with van der Waals surface area (Å²) in [6.45, 7) is 2.60. The lowest BCUT2D eigenvalue weighted by Gasteiger charge is -2.33. The molecular weight excluding hydrogens is 328 g/mol. The molecule has 7 heteroatoms. The Labute approximate surface area is 152 Å². The van der Waals surface area contributed by atoms with Crippen molar-refractivity contribution >= 4 is 5.82 Å². The van der Waals surface area contributed by atoms with E-state index in [4.69, 9.17) is 4.74 Å². The highest BCUT2D eigenvalue weighted by Gasteiger charge is 2.27. The van der Waals surface area contributed by atoms with E-state index in [0.29, 0.717) is 11.8 Å². The summed E-state index contributed by atoms with van der Waals surface area (Å²) in [6, 6.07) is 4.06. The summed E-state index contributed by atoms with van der Waals surface area (Å²) in [5, 5.41) is 0. The molecule has 4 heterocycles. The lowest BCUT2D eigenvalue weighted by Crippen LogP contribution is -2.36. The van der Waals surface area contributed by atoms with E-state index in [9.17, 15) is 0 Å². The molecule has 0 aromatic carbocycles. The molecule has 0 aliphatic carbocycles. The average Bonchev–Trinajstić information content (AvgIpc) is 3.17. The van der Waals surface area contributed by atoms with Gasteiger partial charge in [0.15, 0.2) is 5.82 Å². The predicted octanol–water partition coefficient (Wildman–Crippen LogP) is 2.51. The Kier molecular flexibility index (Phi) is 4.77. The first-order valence-electron chi connectivity index (χ1n) is 8.85. The SMILES string of the molecule is COc1nccnc1N1CCC[C@H](c2nccn2Cc2cccnc2)C1. The van der Waals surface area contributed by atoms with Gasteiger partial charge in [-0.25, -0.2) is 15.0 Å². The first kappa shape index (κ1) is 16.5. The van der Waals surface area contributed by atoms with E-state index in [2.05, 4.69) is 35.5 Å². The van der Waals surface area contributed by atoms with Crippen LogP contribution in [0.4, 0.5) is 5.82 Å². The van der Waals surface area contributed by atoms with E-state index in [-0.39, 0.29) is 0 Å². The van der Waals surface area contributed by atoms with Gasteiger partial charge in [-0.3, -0.25) is 4.98 Å². The zero-order chi connectivity index (χ0) is 17.8. The molecule has 1 fully saturated rings. The number of ether oxygens (including phenoxy) is 1. The van der Waals surface area contributed by atoms with Crippen molar-refractivity contribution in [1.82, 2.24) is 24.5 Å². The fourth-order valence-electron chi connectivity index (χ4n) is 3.56. The highest BCUT2D eigenvalue weighted by atomic mass is 16.5. The van der Waals surface area contributed by atoms with Gasteiger partial charge in [-0.05, 0) is 24.5 Å². The number of anilines is 1. The van der Waals surface area contributed by atoms with E-state index in [0.717, 1.165) is 44.1 Å². The first-order chi connectivity index (χ1) is 12.8. The standard InChI is InChI=1S/C19H22N6O/c1-26-19-18(21-7-8-23-19)24-10-3-5-16(14-24)17-22-9-11-25(17)13-15-4-2-6-20-12-15/h2,4,6-9,11-12,16H,3,5,10,13-14H2,1H3/t16-/m0/s1. The van der Waals surface area contributed by atoms with Crippen LogP contribution in [0.25, 0.3) is 0 Å². The van der Waals surface area contributed by atoms with E-state index < -0.39 is 0 Å². The van der Waals surface area contributed by atoms with Crippen LogP contribution < -0.4 is 9.64 Å². The molecule has 26 heavy (non-hydrogen) atoms. The van der Waals surface area contributed by atoms with Crippen LogP contribution >= 0.6 is 0 Å². The summed E-state index contributed by atoms with van der Waals surface area (Å²) >= 11 is 0. The normalized spacial score (nSPS) is 17.3. The third kappa shape index (κ3) is 3.37. The van der Waals surface area contributed by atoms with Crippen molar-refractivity contribution in [3.8, 4) is 5.88 Å². The van der Waals surface area contributed by atoms with Gasteiger partial charge in [0.1, 0.15) is 5.82 Å². The minimum atomic E-state index is 0.349. The Bertz CT molecular complexity index is 850. The van der Waals surface area contributed by atoms with E-state index in [1.165, 1.54) is 5.56 Å². The van der Waals surface area contributed by atoms with Crippen molar-refractivity contribution in [3.63, 3.8) is 0 Å². The Morgan fingerprint density at radius 1 is 1.15 bits per heavy atom. The second kappa shape index (κ2) is 7.51. The second-order valence-electron chi connectivity index (χ2n) is 6.45.